The number of carbonyl (C=O) groups excluding carboxylic acids is 2. The zero-order chi connectivity index (χ0) is 19.1. The van der Waals surface area contributed by atoms with Gasteiger partial charge in [0, 0.05) is 70.7 Å². The topological polar surface area (TPSA) is 55.9 Å². The van der Waals surface area contributed by atoms with Crippen LogP contribution in [0, 0.1) is 11.8 Å². The first-order valence-corrected chi connectivity index (χ1v) is 10.4. The molecule has 0 aromatic rings. The lowest BCUT2D eigenvalue weighted by molar-refractivity contribution is -0.133. The Bertz CT molecular complexity index is 451. The highest BCUT2D eigenvalue weighted by Crippen LogP contribution is 2.17. The van der Waals surface area contributed by atoms with Crippen molar-refractivity contribution in [3.63, 3.8) is 0 Å². The number of likely N-dealkylation sites (tertiary alicyclic amines) is 1. The lowest BCUT2D eigenvalue weighted by Crippen LogP contribution is -2.49. The maximum atomic E-state index is 12.5. The van der Waals surface area contributed by atoms with E-state index in [1.165, 1.54) is 0 Å². The summed E-state index contributed by atoms with van der Waals surface area (Å²) in [5, 5.41) is 3.02. The van der Waals surface area contributed by atoms with Gasteiger partial charge in [-0.3, -0.25) is 14.5 Å². The van der Waals surface area contributed by atoms with Gasteiger partial charge in [-0.05, 0) is 32.6 Å². The van der Waals surface area contributed by atoms with Crippen LogP contribution in [0.25, 0.3) is 0 Å². The van der Waals surface area contributed by atoms with Crippen molar-refractivity contribution >= 4 is 11.8 Å². The molecule has 0 aromatic heterocycles. The van der Waals surface area contributed by atoms with Crippen LogP contribution in [-0.2, 0) is 9.59 Å². The normalized spacial score (nSPS) is 20.8. The maximum Gasteiger partial charge on any atom is 0.223 e. The Morgan fingerprint density at radius 1 is 0.962 bits per heavy atom. The number of piperidine rings is 1. The minimum Gasteiger partial charge on any atom is -0.356 e. The van der Waals surface area contributed by atoms with E-state index in [1.54, 1.807) is 0 Å². The van der Waals surface area contributed by atoms with Gasteiger partial charge in [0.05, 0.1) is 0 Å². The maximum absolute atomic E-state index is 12.5. The van der Waals surface area contributed by atoms with E-state index in [2.05, 4.69) is 29.0 Å². The van der Waals surface area contributed by atoms with Crippen molar-refractivity contribution in [2.24, 2.45) is 11.8 Å². The van der Waals surface area contributed by atoms with Crippen LogP contribution in [0.15, 0.2) is 0 Å². The molecule has 2 aliphatic heterocycles. The standard InChI is InChI=1S/C20H38N4O2/c1-16(2)20(26)21-15-18-5-9-24(10-6-18)19(25)7-8-22-11-13-23(14-12-22)17(3)4/h16-18H,5-15H2,1-4H3,(H,21,26). The number of amides is 2. The predicted octanol–water partition coefficient (Wildman–Crippen LogP) is 1.41. The number of piperazine rings is 1. The fourth-order valence-corrected chi connectivity index (χ4v) is 3.75. The second kappa shape index (κ2) is 10.3. The largest absolute Gasteiger partial charge is 0.356 e. The second-order valence-electron chi connectivity index (χ2n) is 8.45. The molecule has 0 aromatic carbocycles. The van der Waals surface area contributed by atoms with Gasteiger partial charge in [0.15, 0.2) is 0 Å². The molecule has 0 bridgehead atoms. The average Bonchev–Trinajstić information content (AvgIpc) is 2.64. The number of hydrogen-bond donors (Lipinski definition) is 1. The summed E-state index contributed by atoms with van der Waals surface area (Å²) < 4.78 is 0. The molecule has 2 amide bonds. The van der Waals surface area contributed by atoms with Gasteiger partial charge in [0.1, 0.15) is 0 Å². The molecule has 150 valence electrons. The highest BCUT2D eigenvalue weighted by atomic mass is 16.2. The van der Waals surface area contributed by atoms with Crippen LogP contribution in [0.5, 0.6) is 0 Å². The summed E-state index contributed by atoms with van der Waals surface area (Å²) in [4.78, 5) is 31.1. The Morgan fingerprint density at radius 3 is 2.12 bits per heavy atom. The van der Waals surface area contributed by atoms with E-state index in [4.69, 9.17) is 0 Å². The molecule has 2 aliphatic rings. The van der Waals surface area contributed by atoms with Crippen LogP contribution in [0.4, 0.5) is 0 Å². The Morgan fingerprint density at radius 2 is 1.58 bits per heavy atom. The van der Waals surface area contributed by atoms with Gasteiger partial charge in [-0.1, -0.05) is 13.8 Å². The number of nitrogens with zero attached hydrogens (tertiary/aromatic N) is 3. The molecular formula is C20H38N4O2. The van der Waals surface area contributed by atoms with Crippen molar-refractivity contribution in [1.29, 1.82) is 0 Å². The van der Waals surface area contributed by atoms with Crippen LogP contribution in [-0.4, -0.2) is 84.9 Å². The molecule has 26 heavy (non-hydrogen) atoms. The van der Waals surface area contributed by atoms with Crippen LogP contribution < -0.4 is 5.32 Å². The van der Waals surface area contributed by atoms with E-state index in [0.29, 0.717) is 24.3 Å². The molecule has 2 rings (SSSR count). The smallest absolute Gasteiger partial charge is 0.223 e. The zero-order valence-electron chi connectivity index (χ0n) is 17.2. The average molecular weight is 367 g/mol. The van der Waals surface area contributed by atoms with Gasteiger partial charge in [0.2, 0.25) is 11.8 Å². The minimum atomic E-state index is 0.0408. The minimum absolute atomic E-state index is 0.0408. The van der Waals surface area contributed by atoms with Gasteiger partial charge in [-0.15, -0.1) is 0 Å². The van der Waals surface area contributed by atoms with E-state index in [1.807, 2.05) is 18.7 Å². The SMILES string of the molecule is CC(C)C(=O)NCC1CCN(C(=O)CCN2CCN(C(C)C)CC2)CC1. The van der Waals surface area contributed by atoms with Crippen molar-refractivity contribution in [1.82, 2.24) is 20.0 Å². The van der Waals surface area contributed by atoms with Crippen molar-refractivity contribution in [3.8, 4) is 0 Å². The first-order chi connectivity index (χ1) is 12.4. The Labute approximate surface area is 159 Å². The molecule has 0 spiro atoms. The van der Waals surface area contributed by atoms with Gasteiger partial charge in [0.25, 0.3) is 0 Å². The van der Waals surface area contributed by atoms with Crippen LogP contribution in [0.3, 0.4) is 0 Å². The lowest BCUT2D eigenvalue weighted by Gasteiger charge is -2.37. The fourth-order valence-electron chi connectivity index (χ4n) is 3.75. The predicted molar refractivity (Wildman–Crippen MR) is 105 cm³/mol. The molecule has 1 N–H and O–H groups in total. The molecule has 2 heterocycles. The molecule has 0 radical (unpaired) electrons. The summed E-state index contributed by atoms with van der Waals surface area (Å²) >= 11 is 0. The summed E-state index contributed by atoms with van der Waals surface area (Å²) in [5.41, 5.74) is 0. The van der Waals surface area contributed by atoms with Crippen molar-refractivity contribution in [2.75, 3.05) is 52.4 Å². The first kappa shape index (κ1) is 21.2. The Balaban J connectivity index is 1.61. The molecule has 0 saturated carbocycles. The van der Waals surface area contributed by atoms with Crippen molar-refractivity contribution in [2.45, 2.75) is 53.0 Å². The Hall–Kier alpha value is -1.14. The zero-order valence-corrected chi connectivity index (χ0v) is 17.2. The van der Waals surface area contributed by atoms with Crippen LogP contribution >= 0.6 is 0 Å². The van der Waals surface area contributed by atoms with Crippen molar-refractivity contribution < 1.29 is 9.59 Å². The van der Waals surface area contributed by atoms with E-state index < -0.39 is 0 Å². The first-order valence-electron chi connectivity index (χ1n) is 10.4. The quantitative estimate of drug-likeness (QED) is 0.740. The lowest BCUT2D eigenvalue weighted by atomic mass is 9.96. The molecule has 6 heteroatoms. The molecule has 2 saturated heterocycles. The number of rotatable bonds is 7. The molecular weight excluding hydrogens is 328 g/mol. The highest BCUT2D eigenvalue weighted by Gasteiger charge is 2.24. The van der Waals surface area contributed by atoms with Crippen molar-refractivity contribution in [3.05, 3.63) is 0 Å². The molecule has 2 fully saturated rings. The van der Waals surface area contributed by atoms with E-state index in [9.17, 15) is 9.59 Å². The third-order valence-electron chi connectivity index (χ3n) is 5.84. The summed E-state index contributed by atoms with van der Waals surface area (Å²) in [5.74, 6) is 0.965. The highest BCUT2D eigenvalue weighted by molar-refractivity contribution is 5.78. The summed E-state index contributed by atoms with van der Waals surface area (Å²) in [6.45, 7) is 16.0. The third-order valence-corrected chi connectivity index (χ3v) is 5.84. The molecule has 6 nitrogen and oxygen atoms in total. The second-order valence-corrected chi connectivity index (χ2v) is 8.45. The number of nitrogens with one attached hydrogen (secondary N) is 1. The van der Waals surface area contributed by atoms with Crippen LogP contribution in [0.1, 0.15) is 47.0 Å². The van der Waals surface area contributed by atoms with E-state index >= 15 is 0 Å². The Kier molecular flexibility index (Phi) is 8.35. The van der Waals surface area contributed by atoms with Gasteiger partial charge >= 0.3 is 0 Å². The molecule has 0 unspecified atom stereocenters. The van der Waals surface area contributed by atoms with Gasteiger partial charge < -0.3 is 15.1 Å². The third kappa shape index (κ3) is 6.54. The summed E-state index contributed by atoms with van der Waals surface area (Å²) in [7, 11) is 0. The van der Waals surface area contributed by atoms with E-state index in [-0.39, 0.29) is 11.8 Å². The molecule has 0 aliphatic carbocycles. The molecule has 0 atom stereocenters. The van der Waals surface area contributed by atoms with Crippen LogP contribution in [0.2, 0.25) is 0 Å². The monoisotopic (exact) mass is 366 g/mol. The summed E-state index contributed by atoms with van der Waals surface area (Å²) in [6, 6.07) is 0.616. The summed E-state index contributed by atoms with van der Waals surface area (Å²) in [6.07, 6.45) is 2.63. The van der Waals surface area contributed by atoms with Gasteiger partial charge in [-0.25, -0.2) is 0 Å². The number of hydrogen-bond acceptors (Lipinski definition) is 4. The fraction of sp³-hybridized carbons (Fsp3) is 0.900. The van der Waals surface area contributed by atoms with Gasteiger partial charge in [-0.2, -0.15) is 0 Å². The van der Waals surface area contributed by atoms with E-state index in [0.717, 1.165) is 65.2 Å². The number of carbonyl (C=O) groups is 2.